The number of anilines is 1. The first-order chi connectivity index (χ1) is 8.11. The smallest absolute Gasteiger partial charge is 0.305 e. The second-order valence-corrected chi connectivity index (χ2v) is 4.16. The van der Waals surface area contributed by atoms with E-state index in [0.29, 0.717) is 6.42 Å². The summed E-state index contributed by atoms with van der Waals surface area (Å²) in [6.07, 6.45) is 1.29. The van der Waals surface area contributed by atoms with E-state index < -0.39 is 0 Å². The van der Waals surface area contributed by atoms with Gasteiger partial charge in [0.15, 0.2) is 0 Å². The molecule has 94 valence electrons. The van der Waals surface area contributed by atoms with Crippen molar-refractivity contribution in [3.8, 4) is 0 Å². The molecule has 0 bridgehead atoms. The zero-order chi connectivity index (χ0) is 12.7. The Hall–Kier alpha value is -1.55. The standard InChI is InChI=1S/C13H20N2O2/c1-15(9-3-4-13(16)17-2)10-11-5-7-12(14)8-6-11/h5-8H,3-4,9-10,14H2,1-2H3. The van der Waals surface area contributed by atoms with Crippen molar-refractivity contribution in [1.29, 1.82) is 0 Å². The van der Waals surface area contributed by atoms with Crippen LogP contribution in [0, 0.1) is 0 Å². The minimum Gasteiger partial charge on any atom is -0.469 e. The quantitative estimate of drug-likeness (QED) is 0.603. The molecule has 0 amide bonds. The fourth-order valence-corrected chi connectivity index (χ4v) is 1.61. The highest BCUT2D eigenvalue weighted by atomic mass is 16.5. The van der Waals surface area contributed by atoms with Crippen molar-refractivity contribution in [3.05, 3.63) is 29.8 Å². The van der Waals surface area contributed by atoms with Gasteiger partial charge in [-0.15, -0.1) is 0 Å². The topological polar surface area (TPSA) is 55.6 Å². The number of nitrogen functional groups attached to an aromatic ring is 1. The Labute approximate surface area is 102 Å². The van der Waals surface area contributed by atoms with Gasteiger partial charge < -0.3 is 15.4 Å². The molecule has 4 nitrogen and oxygen atoms in total. The minimum absolute atomic E-state index is 0.147. The molecule has 1 aromatic carbocycles. The number of carbonyl (C=O) groups excluding carboxylic acids is 1. The van der Waals surface area contributed by atoms with Crippen LogP contribution in [-0.4, -0.2) is 31.6 Å². The number of nitrogens with zero attached hydrogens (tertiary/aromatic N) is 1. The molecule has 0 radical (unpaired) electrons. The maximum Gasteiger partial charge on any atom is 0.305 e. The number of esters is 1. The Balaban J connectivity index is 2.27. The maximum atomic E-state index is 10.9. The van der Waals surface area contributed by atoms with Gasteiger partial charge in [0.1, 0.15) is 0 Å². The fourth-order valence-electron chi connectivity index (χ4n) is 1.61. The highest BCUT2D eigenvalue weighted by Crippen LogP contribution is 2.08. The molecule has 0 aliphatic heterocycles. The molecule has 0 heterocycles. The van der Waals surface area contributed by atoms with Crippen LogP contribution in [0.2, 0.25) is 0 Å². The fraction of sp³-hybridized carbons (Fsp3) is 0.462. The van der Waals surface area contributed by atoms with Crippen LogP contribution in [0.25, 0.3) is 0 Å². The first-order valence-electron chi connectivity index (χ1n) is 5.71. The Morgan fingerprint density at radius 2 is 2.00 bits per heavy atom. The van der Waals surface area contributed by atoms with Crippen LogP contribution in [0.4, 0.5) is 5.69 Å². The highest BCUT2D eigenvalue weighted by molar-refractivity contribution is 5.69. The van der Waals surface area contributed by atoms with Crippen LogP contribution >= 0.6 is 0 Å². The predicted octanol–water partition coefficient (Wildman–Crippen LogP) is 1.65. The largest absolute Gasteiger partial charge is 0.469 e. The lowest BCUT2D eigenvalue weighted by Crippen LogP contribution is -2.20. The van der Waals surface area contributed by atoms with Gasteiger partial charge in [-0.1, -0.05) is 12.1 Å². The summed E-state index contributed by atoms with van der Waals surface area (Å²) in [7, 11) is 3.45. The molecule has 0 aliphatic carbocycles. The zero-order valence-electron chi connectivity index (χ0n) is 10.5. The van der Waals surface area contributed by atoms with E-state index >= 15 is 0 Å². The Bertz CT molecular complexity index is 349. The van der Waals surface area contributed by atoms with Crippen molar-refractivity contribution >= 4 is 11.7 Å². The van der Waals surface area contributed by atoms with Crippen LogP contribution in [0.3, 0.4) is 0 Å². The number of ether oxygens (including phenoxy) is 1. The zero-order valence-corrected chi connectivity index (χ0v) is 10.5. The number of hydrogen-bond acceptors (Lipinski definition) is 4. The lowest BCUT2D eigenvalue weighted by molar-refractivity contribution is -0.140. The van der Waals surface area contributed by atoms with Crippen LogP contribution in [-0.2, 0) is 16.1 Å². The third kappa shape index (κ3) is 5.36. The molecular weight excluding hydrogens is 216 g/mol. The summed E-state index contributed by atoms with van der Waals surface area (Å²) >= 11 is 0. The van der Waals surface area contributed by atoms with E-state index in [0.717, 1.165) is 25.2 Å². The first kappa shape index (κ1) is 13.5. The molecule has 17 heavy (non-hydrogen) atoms. The maximum absolute atomic E-state index is 10.9. The number of nitrogens with two attached hydrogens (primary N) is 1. The molecule has 4 heteroatoms. The minimum atomic E-state index is -0.147. The number of benzene rings is 1. The molecule has 0 unspecified atom stereocenters. The van der Waals surface area contributed by atoms with Crippen molar-refractivity contribution in [3.63, 3.8) is 0 Å². The molecule has 0 aliphatic rings. The highest BCUT2D eigenvalue weighted by Gasteiger charge is 2.03. The second-order valence-electron chi connectivity index (χ2n) is 4.16. The summed E-state index contributed by atoms with van der Waals surface area (Å²) in [5.41, 5.74) is 7.62. The van der Waals surface area contributed by atoms with Crippen LogP contribution < -0.4 is 5.73 Å². The van der Waals surface area contributed by atoms with Crippen LogP contribution in [0.1, 0.15) is 18.4 Å². The van der Waals surface area contributed by atoms with Gasteiger partial charge in [0.05, 0.1) is 7.11 Å². The summed E-state index contributed by atoms with van der Waals surface area (Å²) in [5, 5.41) is 0. The van der Waals surface area contributed by atoms with Crippen molar-refractivity contribution in [2.75, 3.05) is 26.4 Å². The van der Waals surface area contributed by atoms with Gasteiger partial charge in [0, 0.05) is 18.7 Å². The molecule has 1 aromatic rings. The van der Waals surface area contributed by atoms with E-state index in [-0.39, 0.29) is 5.97 Å². The molecular formula is C13H20N2O2. The first-order valence-corrected chi connectivity index (χ1v) is 5.71. The number of methoxy groups -OCH3 is 1. The third-order valence-corrected chi connectivity index (χ3v) is 2.58. The van der Waals surface area contributed by atoms with Gasteiger partial charge in [-0.3, -0.25) is 4.79 Å². The number of rotatable bonds is 6. The number of carbonyl (C=O) groups is 1. The van der Waals surface area contributed by atoms with Gasteiger partial charge in [-0.2, -0.15) is 0 Å². The molecule has 0 saturated carbocycles. The third-order valence-electron chi connectivity index (χ3n) is 2.58. The average Bonchev–Trinajstić information content (AvgIpc) is 2.32. The summed E-state index contributed by atoms with van der Waals surface area (Å²) in [4.78, 5) is 13.1. The molecule has 0 aromatic heterocycles. The summed E-state index contributed by atoms with van der Waals surface area (Å²) < 4.78 is 4.59. The van der Waals surface area contributed by atoms with Crippen LogP contribution in [0.15, 0.2) is 24.3 Å². The van der Waals surface area contributed by atoms with Gasteiger partial charge in [-0.05, 0) is 37.7 Å². The lowest BCUT2D eigenvalue weighted by Gasteiger charge is -2.16. The Morgan fingerprint density at radius 1 is 1.35 bits per heavy atom. The number of hydrogen-bond donors (Lipinski definition) is 1. The molecule has 0 atom stereocenters. The van der Waals surface area contributed by atoms with E-state index in [1.807, 2.05) is 31.3 Å². The molecule has 2 N–H and O–H groups in total. The van der Waals surface area contributed by atoms with Crippen molar-refractivity contribution in [2.24, 2.45) is 0 Å². The second kappa shape index (κ2) is 6.91. The Kier molecular flexibility index (Phi) is 5.49. The monoisotopic (exact) mass is 236 g/mol. The van der Waals surface area contributed by atoms with Gasteiger partial charge in [0.2, 0.25) is 0 Å². The predicted molar refractivity (Wildman–Crippen MR) is 68.4 cm³/mol. The summed E-state index contributed by atoms with van der Waals surface area (Å²) in [6, 6.07) is 7.84. The van der Waals surface area contributed by atoms with Crippen molar-refractivity contribution in [1.82, 2.24) is 4.90 Å². The van der Waals surface area contributed by atoms with Crippen LogP contribution in [0.5, 0.6) is 0 Å². The van der Waals surface area contributed by atoms with Crippen molar-refractivity contribution in [2.45, 2.75) is 19.4 Å². The molecule has 1 rings (SSSR count). The van der Waals surface area contributed by atoms with E-state index in [4.69, 9.17) is 5.73 Å². The average molecular weight is 236 g/mol. The van der Waals surface area contributed by atoms with E-state index in [2.05, 4.69) is 9.64 Å². The van der Waals surface area contributed by atoms with Crippen molar-refractivity contribution < 1.29 is 9.53 Å². The Morgan fingerprint density at radius 3 is 2.59 bits per heavy atom. The molecule has 0 saturated heterocycles. The molecule has 0 fully saturated rings. The summed E-state index contributed by atoms with van der Waals surface area (Å²) in [5.74, 6) is -0.147. The summed E-state index contributed by atoms with van der Waals surface area (Å²) in [6.45, 7) is 1.74. The molecule has 0 spiro atoms. The van der Waals surface area contributed by atoms with E-state index in [1.165, 1.54) is 12.7 Å². The van der Waals surface area contributed by atoms with E-state index in [1.54, 1.807) is 0 Å². The SMILES string of the molecule is COC(=O)CCCN(C)Cc1ccc(N)cc1. The van der Waals surface area contributed by atoms with Gasteiger partial charge >= 0.3 is 5.97 Å². The van der Waals surface area contributed by atoms with Gasteiger partial charge in [-0.25, -0.2) is 0 Å². The lowest BCUT2D eigenvalue weighted by atomic mass is 10.2. The van der Waals surface area contributed by atoms with Gasteiger partial charge in [0.25, 0.3) is 0 Å². The van der Waals surface area contributed by atoms with E-state index in [9.17, 15) is 4.79 Å². The normalized spacial score (nSPS) is 10.5.